The monoisotopic (exact) mass is 304 g/mol. The van der Waals surface area contributed by atoms with E-state index in [4.69, 9.17) is 16.3 Å². The molecule has 0 aliphatic carbocycles. The summed E-state index contributed by atoms with van der Waals surface area (Å²) in [5, 5.41) is 0.288. The number of nitrogens with zero attached hydrogens (tertiary/aromatic N) is 2. The summed E-state index contributed by atoms with van der Waals surface area (Å²) in [5.74, 6) is 1.06. The van der Waals surface area contributed by atoms with Gasteiger partial charge in [0.1, 0.15) is 5.75 Å². The number of hydrogen-bond acceptors (Lipinski definition) is 3. The molecule has 0 aliphatic rings. The summed E-state index contributed by atoms with van der Waals surface area (Å²) in [4.78, 5) is 8.56. The van der Waals surface area contributed by atoms with Crippen LogP contribution in [-0.2, 0) is 5.41 Å². The van der Waals surface area contributed by atoms with E-state index in [1.165, 1.54) is 5.56 Å². The van der Waals surface area contributed by atoms with Crippen molar-refractivity contribution < 1.29 is 4.74 Å². The standard InChI is InChI=1S/C17H21ClN2O/c1-6-17(4,5)13-7-9-14(10-8-13)21-16-15(18)19-11(2)12(3)20-16/h7-10H,6H2,1-5H3. The fraction of sp³-hybridized carbons (Fsp3) is 0.412. The fourth-order valence-electron chi connectivity index (χ4n) is 1.91. The molecule has 21 heavy (non-hydrogen) atoms. The van der Waals surface area contributed by atoms with Gasteiger partial charge in [0.05, 0.1) is 11.4 Å². The van der Waals surface area contributed by atoms with Crippen LogP contribution in [0, 0.1) is 13.8 Å². The van der Waals surface area contributed by atoms with Gasteiger partial charge in [-0.25, -0.2) is 9.97 Å². The molecular formula is C17H21ClN2O. The predicted molar refractivity (Wildman–Crippen MR) is 86.3 cm³/mol. The molecule has 1 aromatic carbocycles. The van der Waals surface area contributed by atoms with Crippen molar-refractivity contribution in [2.24, 2.45) is 0 Å². The highest BCUT2D eigenvalue weighted by atomic mass is 35.5. The molecule has 0 spiro atoms. The molecule has 0 atom stereocenters. The van der Waals surface area contributed by atoms with E-state index in [2.05, 4.69) is 42.9 Å². The Morgan fingerprint density at radius 2 is 1.62 bits per heavy atom. The van der Waals surface area contributed by atoms with Crippen LogP contribution in [0.3, 0.4) is 0 Å². The van der Waals surface area contributed by atoms with E-state index in [-0.39, 0.29) is 10.6 Å². The van der Waals surface area contributed by atoms with Crippen LogP contribution < -0.4 is 4.74 Å². The number of aromatic nitrogens is 2. The molecular weight excluding hydrogens is 284 g/mol. The first-order valence-corrected chi connectivity index (χ1v) is 7.50. The van der Waals surface area contributed by atoms with Crippen molar-refractivity contribution in [2.45, 2.75) is 46.5 Å². The zero-order valence-electron chi connectivity index (χ0n) is 13.2. The van der Waals surface area contributed by atoms with Gasteiger partial charge in [-0.3, -0.25) is 0 Å². The van der Waals surface area contributed by atoms with Gasteiger partial charge >= 0.3 is 0 Å². The SMILES string of the molecule is CCC(C)(C)c1ccc(Oc2nc(C)c(C)nc2Cl)cc1. The van der Waals surface area contributed by atoms with Crippen LogP contribution in [0.5, 0.6) is 11.6 Å². The van der Waals surface area contributed by atoms with E-state index < -0.39 is 0 Å². The van der Waals surface area contributed by atoms with Gasteiger partial charge < -0.3 is 4.74 Å². The van der Waals surface area contributed by atoms with Crippen molar-refractivity contribution in [3.8, 4) is 11.6 Å². The van der Waals surface area contributed by atoms with Crippen LogP contribution in [0.25, 0.3) is 0 Å². The normalized spacial score (nSPS) is 11.5. The summed E-state index contributed by atoms with van der Waals surface area (Å²) in [6.07, 6.45) is 1.08. The quantitative estimate of drug-likeness (QED) is 0.776. The van der Waals surface area contributed by atoms with Crippen LogP contribution in [-0.4, -0.2) is 9.97 Å². The van der Waals surface area contributed by atoms with Crippen LogP contribution >= 0.6 is 11.6 Å². The molecule has 2 rings (SSSR count). The number of halogens is 1. The van der Waals surface area contributed by atoms with Crippen molar-refractivity contribution >= 4 is 11.6 Å². The number of benzene rings is 1. The summed E-state index contributed by atoms with van der Waals surface area (Å²) in [6, 6.07) is 8.06. The minimum Gasteiger partial charge on any atom is -0.436 e. The second-order valence-electron chi connectivity index (χ2n) is 5.85. The lowest BCUT2D eigenvalue weighted by molar-refractivity contribution is 0.456. The molecule has 0 saturated carbocycles. The number of ether oxygens (including phenoxy) is 1. The van der Waals surface area contributed by atoms with Gasteiger partial charge in [-0.1, -0.05) is 44.5 Å². The Balaban J connectivity index is 2.23. The second-order valence-corrected chi connectivity index (χ2v) is 6.21. The Labute approximate surface area is 131 Å². The van der Waals surface area contributed by atoms with Gasteiger partial charge in [-0.15, -0.1) is 0 Å². The highest BCUT2D eigenvalue weighted by molar-refractivity contribution is 6.30. The molecule has 1 heterocycles. The van der Waals surface area contributed by atoms with Gasteiger partial charge in [0, 0.05) is 0 Å². The summed E-state index contributed by atoms with van der Waals surface area (Å²) in [5.41, 5.74) is 3.08. The highest BCUT2D eigenvalue weighted by Gasteiger charge is 2.18. The number of hydrogen-bond donors (Lipinski definition) is 0. The van der Waals surface area contributed by atoms with E-state index in [1.54, 1.807) is 0 Å². The second kappa shape index (κ2) is 6.02. The molecule has 4 heteroatoms. The van der Waals surface area contributed by atoms with Gasteiger partial charge in [-0.05, 0) is 43.4 Å². The first kappa shape index (κ1) is 15.8. The summed E-state index contributed by atoms with van der Waals surface area (Å²) >= 11 is 6.08. The Bertz CT molecular complexity index is 636. The zero-order valence-corrected chi connectivity index (χ0v) is 14.0. The van der Waals surface area contributed by atoms with Crippen LogP contribution in [0.15, 0.2) is 24.3 Å². The molecule has 0 aliphatic heterocycles. The van der Waals surface area contributed by atoms with Gasteiger partial charge in [0.15, 0.2) is 5.15 Å². The van der Waals surface area contributed by atoms with E-state index in [0.29, 0.717) is 11.6 Å². The van der Waals surface area contributed by atoms with Crippen molar-refractivity contribution in [3.63, 3.8) is 0 Å². The largest absolute Gasteiger partial charge is 0.436 e. The molecule has 1 aromatic heterocycles. The molecule has 0 bridgehead atoms. The lowest BCUT2D eigenvalue weighted by Crippen LogP contribution is -2.14. The summed E-state index contributed by atoms with van der Waals surface area (Å²) in [7, 11) is 0. The van der Waals surface area contributed by atoms with E-state index in [0.717, 1.165) is 17.8 Å². The Morgan fingerprint density at radius 3 is 2.19 bits per heavy atom. The average molecular weight is 305 g/mol. The first-order valence-electron chi connectivity index (χ1n) is 7.12. The third-order valence-electron chi connectivity index (χ3n) is 3.97. The van der Waals surface area contributed by atoms with Crippen LogP contribution in [0.1, 0.15) is 44.1 Å². The lowest BCUT2D eigenvalue weighted by Gasteiger charge is -2.23. The van der Waals surface area contributed by atoms with E-state index in [9.17, 15) is 0 Å². The Kier molecular flexibility index (Phi) is 4.52. The minimum absolute atomic E-state index is 0.163. The maximum Gasteiger partial charge on any atom is 0.257 e. The van der Waals surface area contributed by atoms with E-state index in [1.807, 2.05) is 26.0 Å². The topological polar surface area (TPSA) is 35.0 Å². The maximum atomic E-state index is 6.08. The first-order chi connectivity index (χ1) is 9.83. The minimum atomic E-state index is 0.163. The molecule has 0 saturated heterocycles. The molecule has 3 nitrogen and oxygen atoms in total. The van der Waals surface area contributed by atoms with Gasteiger partial charge in [-0.2, -0.15) is 0 Å². The Morgan fingerprint density at radius 1 is 1.05 bits per heavy atom. The molecule has 0 amide bonds. The van der Waals surface area contributed by atoms with Crippen molar-refractivity contribution in [1.82, 2.24) is 9.97 Å². The lowest BCUT2D eigenvalue weighted by atomic mass is 9.82. The van der Waals surface area contributed by atoms with Gasteiger partial charge in [0.2, 0.25) is 0 Å². The number of rotatable bonds is 4. The predicted octanol–water partition coefficient (Wildman–Crippen LogP) is 5.23. The zero-order chi connectivity index (χ0) is 15.6. The molecule has 112 valence electrons. The third kappa shape index (κ3) is 3.53. The maximum absolute atomic E-state index is 6.08. The Hall–Kier alpha value is -1.61. The van der Waals surface area contributed by atoms with E-state index >= 15 is 0 Å². The summed E-state index contributed by atoms with van der Waals surface area (Å²) in [6.45, 7) is 10.4. The molecule has 2 aromatic rings. The van der Waals surface area contributed by atoms with Crippen LogP contribution in [0.2, 0.25) is 5.15 Å². The fourth-order valence-corrected chi connectivity index (χ4v) is 2.12. The molecule has 0 unspecified atom stereocenters. The molecule has 0 N–H and O–H groups in total. The third-order valence-corrected chi connectivity index (χ3v) is 4.22. The highest BCUT2D eigenvalue weighted by Crippen LogP contribution is 2.30. The average Bonchev–Trinajstić information content (AvgIpc) is 2.45. The van der Waals surface area contributed by atoms with Gasteiger partial charge in [0.25, 0.3) is 5.88 Å². The van der Waals surface area contributed by atoms with Crippen molar-refractivity contribution in [2.75, 3.05) is 0 Å². The molecule has 0 radical (unpaired) electrons. The van der Waals surface area contributed by atoms with Crippen molar-refractivity contribution in [1.29, 1.82) is 0 Å². The number of aryl methyl sites for hydroxylation is 2. The molecule has 0 fully saturated rings. The summed E-state index contributed by atoms with van der Waals surface area (Å²) < 4.78 is 5.74. The van der Waals surface area contributed by atoms with Crippen LogP contribution in [0.4, 0.5) is 0 Å². The van der Waals surface area contributed by atoms with Crippen molar-refractivity contribution in [3.05, 3.63) is 46.4 Å². The smallest absolute Gasteiger partial charge is 0.257 e.